The maximum absolute atomic E-state index is 13.0. The first kappa shape index (κ1) is 13.5. The molecule has 1 aliphatic heterocycles. The lowest BCUT2D eigenvalue weighted by Crippen LogP contribution is -2.32. The normalized spacial score (nSPS) is 24.6. The molecule has 1 heterocycles. The number of ether oxygens (including phenoxy) is 2. The molecule has 1 fully saturated rings. The molecule has 5 heteroatoms. The summed E-state index contributed by atoms with van der Waals surface area (Å²) in [5.74, 6) is -1.19. The van der Waals surface area contributed by atoms with E-state index in [4.69, 9.17) is 9.47 Å². The van der Waals surface area contributed by atoms with Crippen molar-refractivity contribution in [3.8, 4) is 0 Å². The molecule has 0 atom stereocenters. The van der Waals surface area contributed by atoms with Crippen LogP contribution < -0.4 is 0 Å². The van der Waals surface area contributed by atoms with Crippen molar-refractivity contribution < 1.29 is 18.3 Å². The number of rotatable bonds is 3. The third-order valence-electron chi connectivity index (χ3n) is 2.56. The van der Waals surface area contributed by atoms with Gasteiger partial charge in [-0.25, -0.2) is 8.78 Å². The molecule has 0 radical (unpaired) electrons. The Kier molecular flexibility index (Phi) is 4.74. The Hall–Kier alpha value is -0.910. The van der Waals surface area contributed by atoms with E-state index >= 15 is 0 Å². The Bertz CT molecular complexity index is 409. The Balaban J connectivity index is 1.95. The molecule has 1 aliphatic rings. The van der Waals surface area contributed by atoms with Crippen molar-refractivity contribution in [1.82, 2.24) is 0 Å². The summed E-state index contributed by atoms with van der Waals surface area (Å²) in [5, 5.41) is 0.348. The molecule has 1 saturated heterocycles. The third-order valence-corrected chi connectivity index (χ3v) is 3.50. The van der Waals surface area contributed by atoms with E-state index < -0.39 is 17.9 Å². The van der Waals surface area contributed by atoms with Crippen LogP contribution in [0.2, 0.25) is 0 Å². The summed E-state index contributed by atoms with van der Waals surface area (Å²) < 4.78 is 36.8. The average molecular weight is 272 g/mol. The van der Waals surface area contributed by atoms with E-state index in [2.05, 4.69) is 0 Å². The van der Waals surface area contributed by atoms with Crippen molar-refractivity contribution in [1.29, 1.82) is 0 Å². The van der Waals surface area contributed by atoms with Crippen LogP contribution in [0.1, 0.15) is 5.56 Å². The van der Waals surface area contributed by atoms with Crippen LogP contribution in [0.15, 0.2) is 24.3 Å². The standard InChI is InChI=1S/C13H14F2O2S/c1-18-12-7-16-13(17-8-12)3-2-9-4-10(14)6-11(15)5-9/h2-6,12-13H,7-8H2,1H3/b3-2+. The predicted octanol–water partition coefficient (Wildman–Crippen LogP) is 3.08. The highest BCUT2D eigenvalue weighted by atomic mass is 32.2. The molecule has 0 amide bonds. The van der Waals surface area contributed by atoms with Gasteiger partial charge in [-0.3, -0.25) is 0 Å². The first-order valence-electron chi connectivity index (χ1n) is 5.57. The fourth-order valence-electron chi connectivity index (χ4n) is 1.61. The van der Waals surface area contributed by atoms with E-state index in [0.29, 0.717) is 24.0 Å². The Morgan fingerprint density at radius 2 is 1.78 bits per heavy atom. The minimum absolute atomic E-state index is 0.348. The molecule has 0 N–H and O–H groups in total. The molecule has 18 heavy (non-hydrogen) atoms. The zero-order chi connectivity index (χ0) is 13.0. The van der Waals surface area contributed by atoms with E-state index in [1.807, 2.05) is 6.26 Å². The molecule has 1 aromatic carbocycles. The Labute approximate surface area is 109 Å². The van der Waals surface area contributed by atoms with Crippen LogP contribution in [0.4, 0.5) is 8.78 Å². The monoisotopic (exact) mass is 272 g/mol. The van der Waals surface area contributed by atoms with Gasteiger partial charge in [-0.15, -0.1) is 0 Å². The predicted molar refractivity (Wildman–Crippen MR) is 68.4 cm³/mol. The van der Waals surface area contributed by atoms with Crippen LogP contribution >= 0.6 is 11.8 Å². The van der Waals surface area contributed by atoms with Gasteiger partial charge in [0.05, 0.1) is 18.5 Å². The molecule has 0 unspecified atom stereocenters. The first-order chi connectivity index (χ1) is 8.67. The Morgan fingerprint density at radius 1 is 1.17 bits per heavy atom. The zero-order valence-corrected chi connectivity index (χ0v) is 10.8. The van der Waals surface area contributed by atoms with Gasteiger partial charge in [0, 0.05) is 6.07 Å². The molecule has 0 bridgehead atoms. The van der Waals surface area contributed by atoms with Gasteiger partial charge in [0.2, 0.25) is 0 Å². The van der Waals surface area contributed by atoms with Gasteiger partial charge < -0.3 is 9.47 Å². The lowest BCUT2D eigenvalue weighted by atomic mass is 10.2. The summed E-state index contributed by atoms with van der Waals surface area (Å²) >= 11 is 1.69. The molecular weight excluding hydrogens is 258 g/mol. The molecule has 2 nitrogen and oxygen atoms in total. The van der Waals surface area contributed by atoms with Crippen molar-refractivity contribution in [3.05, 3.63) is 41.5 Å². The molecule has 0 saturated carbocycles. The van der Waals surface area contributed by atoms with Crippen molar-refractivity contribution in [2.45, 2.75) is 11.5 Å². The van der Waals surface area contributed by atoms with Crippen LogP contribution in [-0.2, 0) is 9.47 Å². The molecule has 2 rings (SSSR count). The lowest BCUT2D eigenvalue weighted by molar-refractivity contribution is -0.145. The second kappa shape index (κ2) is 6.31. The second-order valence-corrected chi connectivity index (χ2v) is 5.09. The molecule has 0 spiro atoms. The van der Waals surface area contributed by atoms with Gasteiger partial charge in [0.1, 0.15) is 11.6 Å². The van der Waals surface area contributed by atoms with Crippen LogP contribution in [0, 0.1) is 11.6 Å². The zero-order valence-electron chi connectivity index (χ0n) is 9.94. The Morgan fingerprint density at radius 3 is 2.33 bits per heavy atom. The topological polar surface area (TPSA) is 18.5 Å². The molecule has 0 aliphatic carbocycles. The van der Waals surface area contributed by atoms with Crippen LogP contribution in [0.25, 0.3) is 6.08 Å². The number of halogens is 2. The van der Waals surface area contributed by atoms with Gasteiger partial charge in [-0.1, -0.05) is 6.08 Å². The molecular formula is C13H14F2O2S. The lowest BCUT2D eigenvalue weighted by Gasteiger charge is -2.26. The first-order valence-corrected chi connectivity index (χ1v) is 6.86. The largest absolute Gasteiger partial charge is 0.348 e. The van der Waals surface area contributed by atoms with Crippen LogP contribution in [0.3, 0.4) is 0 Å². The fraction of sp³-hybridized carbons (Fsp3) is 0.385. The van der Waals surface area contributed by atoms with Crippen molar-refractivity contribution in [3.63, 3.8) is 0 Å². The minimum atomic E-state index is -0.595. The van der Waals surface area contributed by atoms with E-state index in [9.17, 15) is 8.78 Å². The minimum Gasteiger partial charge on any atom is -0.348 e. The molecule has 0 aromatic heterocycles. The average Bonchev–Trinajstić information content (AvgIpc) is 2.36. The maximum Gasteiger partial charge on any atom is 0.177 e. The van der Waals surface area contributed by atoms with Gasteiger partial charge in [-0.2, -0.15) is 11.8 Å². The summed E-state index contributed by atoms with van der Waals surface area (Å²) in [6.07, 6.45) is 4.81. The van der Waals surface area contributed by atoms with Gasteiger partial charge in [0.15, 0.2) is 6.29 Å². The van der Waals surface area contributed by atoms with Gasteiger partial charge in [-0.05, 0) is 30.0 Å². The van der Waals surface area contributed by atoms with E-state index in [0.717, 1.165) is 6.07 Å². The summed E-state index contributed by atoms with van der Waals surface area (Å²) in [6.45, 7) is 1.24. The highest BCUT2D eigenvalue weighted by Crippen LogP contribution is 2.17. The highest BCUT2D eigenvalue weighted by molar-refractivity contribution is 7.99. The number of thioether (sulfide) groups is 1. The van der Waals surface area contributed by atoms with Crippen LogP contribution in [-0.4, -0.2) is 31.0 Å². The van der Waals surface area contributed by atoms with Crippen molar-refractivity contribution >= 4 is 17.8 Å². The smallest absolute Gasteiger partial charge is 0.177 e. The third kappa shape index (κ3) is 3.80. The highest BCUT2D eigenvalue weighted by Gasteiger charge is 2.19. The van der Waals surface area contributed by atoms with Gasteiger partial charge in [0.25, 0.3) is 0 Å². The van der Waals surface area contributed by atoms with Crippen molar-refractivity contribution in [2.75, 3.05) is 19.5 Å². The van der Waals surface area contributed by atoms with E-state index in [-0.39, 0.29) is 0 Å². The summed E-state index contributed by atoms with van der Waals surface area (Å²) in [4.78, 5) is 0. The molecule has 1 aromatic rings. The molecule has 98 valence electrons. The maximum atomic E-state index is 13.0. The van der Waals surface area contributed by atoms with E-state index in [1.165, 1.54) is 12.1 Å². The quantitative estimate of drug-likeness (QED) is 0.842. The number of benzene rings is 1. The fourth-order valence-corrected chi connectivity index (χ4v) is 2.04. The number of hydrogen-bond acceptors (Lipinski definition) is 3. The van der Waals surface area contributed by atoms with Crippen LogP contribution in [0.5, 0.6) is 0 Å². The summed E-state index contributed by atoms with van der Waals surface area (Å²) in [7, 11) is 0. The summed E-state index contributed by atoms with van der Waals surface area (Å²) in [5.41, 5.74) is 0.451. The van der Waals surface area contributed by atoms with E-state index in [1.54, 1.807) is 23.9 Å². The van der Waals surface area contributed by atoms with Crippen molar-refractivity contribution in [2.24, 2.45) is 0 Å². The van der Waals surface area contributed by atoms with Gasteiger partial charge >= 0.3 is 0 Å². The second-order valence-electron chi connectivity index (χ2n) is 3.95. The summed E-state index contributed by atoms with van der Waals surface area (Å²) in [6, 6.07) is 3.36. The number of hydrogen-bond donors (Lipinski definition) is 0. The SMILES string of the molecule is CSC1COC(/C=C/c2cc(F)cc(F)c2)OC1.